The Balaban J connectivity index is 2.75. The molecule has 1 aromatic heterocycles. The molecule has 1 aromatic rings. The second-order valence-electron chi connectivity index (χ2n) is 5.04. The molecular weight excluding hydrogens is 242 g/mol. The molecule has 0 saturated heterocycles. The average molecular weight is 259 g/mol. The average Bonchev–Trinajstić information content (AvgIpc) is 2.60. The molecule has 0 aromatic carbocycles. The summed E-state index contributed by atoms with van der Waals surface area (Å²) in [6.07, 6.45) is 1.20. The number of nitrogens with one attached hydrogen (secondary N) is 2. The van der Waals surface area contributed by atoms with Gasteiger partial charge in [0, 0.05) is 12.7 Å². The number of aromatic amines is 1. The van der Waals surface area contributed by atoms with Crippen molar-refractivity contribution in [3.8, 4) is 0 Å². The molecule has 0 fully saturated rings. The molecule has 96 valence electrons. The Kier molecular flexibility index (Phi) is 3.63. The van der Waals surface area contributed by atoms with Crippen LogP contribution >= 0.6 is 0 Å². The molecule has 1 amide bonds. The lowest BCUT2D eigenvalue weighted by atomic mass is 9.97. The zero-order valence-corrected chi connectivity index (χ0v) is 10.9. The Morgan fingerprint density at radius 1 is 1.47 bits per heavy atom. The highest BCUT2D eigenvalue weighted by Gasteiger charge is 2.16. The summed E-state index contributed by atoms with van der Waals surface area (Å²) < 4.78 is 22.0. The first-order valence-electron chi connectivity index (χ1n) is 5.09. The molecule has 0 saturated carbocycles. The fourth-order valence-electron chi connectivity index (χ4n) is 1.11. The molecule has 0 radical (unpaired) electrons. The molecule has 0 aliphatic rings. The Hall–Kier alpha value is -1.34. The van der Waals surface area contributed by atoms with Gasteiger partial charge in [0.25, 0.3) is 5.91 Å². The van der Waals surface area contributed by atoms with E-state index in [0.717, 1.165) is 0 Å². The topological polar surface area (TPSA) is 105 Å². The fourth-order valence-corrected chi connectivity index (χ4v) is 1.62. The lowest BCUT2D eigenvalue weighted by Gasteiger charge is -2.18. The van der Waals surface area contributed by atoms with E-state index in [1.165, 1.54) is 12.3 Å². The van der Waals surface area contributed by atoms with Gasteiger partial charge in [-0.15, -0.1) is 0 Å². The molecule has 0 spiro atoms. The van der Waals surface area contributed by atoms with Gasteiger partial charge < -0.3 is 10.3 Å². The van der Waals surface area contributed by atoms with Crippen molar-refractivity contribution in [3.05, 3.63) is 18.0 Å². The smallest absolute Gasteiger partial charge is 0.267 e. The van der Waals surface area contributed by atoms with Crippen LogP contribution in [0, 0.1) is 5.41 Å². The van der Waals surface area contributed by atoms with Crippen molar-refractivity contribution in [2.45, 2.75) is 25.7 Å². The van der Waals surface area contributed by atoms with Crippen LogP contribution in [0.1, 0.15) is 31.3 Å². The molecule has 6 nitrogen and oxygen atoms in total. The van der Waals surface area contributed by atoms with Crippen molar-refractivity contribution in [3.63, 3.8) is 0 Å². The summed E-state index contributed by atoms with van der Waals surface area (Å²) in [7, 11) is -3.77. The highest BCUT2D eigenvalue weighted by molar-refractivity contribution is 7.89. The summed E-state index contributed by atoms with van der Waals surface area (Å²) in [5.41, 5.74) is 0.142. The van der Waals surface area contributed by atoms with Crippen molar-refractivity contribution in [1.29, 1.82) is 0 Å². The van der Waals surface area contributed by atoms with Crippen LogP contribution in [0.5, 0.6) is 0 Å². The van der Waals surface area contributed by atoms with Crippen molar-refractivity contribution in [2.75, 3.05) is 6.54 Å². The number of H-pyrrole nitrogens is 1. The van der Waals surface area contributed by atoms with E-state index in [0.29, 0.717) is 6.54 Å². The standard InChI is InChI=1S/C10H17N3O3S/c1-10(2,3)6-13-9(14)8-4-7(5-12-8)17(11,15)16/h4-5,12H,6H2,1-3H3,(H,13,14)(H2,11,15,16). The van der Waals surface area contributed by atoms with E-state index in [9.17, 15) is 13.2 Å². The third-order valence-electron chi connectivity index (χ3n) is 2.01. The number of hydrogen-bond acceptors (Lipinski definition) is 3. The van der Waals surface area contributed by atoms with Crippen LogP contribution in [0.15, 0.2) is 17.2 Å². The maximum atomic E-state index is 11.7. The number of nitrogens with two attached hydrogens (primary N) is 1. The van der Waals surface area contributed by atoms with Crippen LogP contribution in [0.4, 0.5) is 0 Å². The lowest BCUT2D eigenvalue weighted by molar-refractivity contribution is 0.0935. The summed E-state index contributed by atoms with van der Waals surface area (Å²) in [5, 5.41) is 7.63. The van der Waals surface area contributed by atoms with Gasteiger partial charge in [-0.25, -0.2) is 13.6 Å². The van der Waals surface area contributed by atoms with Gasteiger partial charge in [0.15, 0.2) is 0 Å². The Bertz CT molecular complexity index is 511. The van der Waals surface area contributed by atoms with Gasteiger partial charge in [-0.3, -0.25) is 4.79 Å². The molecule has 4 N–H and O–H groups in total. The number of hydrogen-bond donors (Lipinski definition) is 3. The molecule has 7 heteroatoms. The summed E-state index contributed by atoms with van der Waals surface area (Å²) >= 11 is 0. The minimum Gasteiger partial charge on any atom is -0.356 e. The van der Waals surface area contributed by atoms with Gasteiger partial charge in [0.05, 0.1) is 4.90 Å². The van der Waals surface area contributed by atoms with Crippen molar-refractivity contribution in [1.82, 2.24) is 10.3 Å². The van der Waals surface area contributed by atoms with Gasteiger partial charge in [0.1, 0.15) is 5.69 Å². The summed E-state index contributed by atoms with van der Waals surface area (Å²) in [6.45, 7) is 6.45. The Morgan fingerprint density at radius 3 is 2.47 bits per heavy atom. The maximum Gasteiger partial charge on any atom is 0.267 e. The molecule has 0 bridgehead atoms. The summed E-state index contributed by atoms with van der Waals surface area (Å²) in [4.78, 5) is 14.1. The van der Waals surface area contributed by atoms with Gasteiger partial charge in [-0.1, -0.05) is 20.8 Å². The van der Waals surface area contributed by atoms with E-state index in [-0.39, 0.29) is 21.9 Å². The molecule has 0 aliphatic carbocycles. The van der Waals surface area contributed by atoms with Crippen LogP contribution in [-0.4, -0.2) is 25.9 Å². The van der Waals surface area contributed by atoms with Gasteiger partial charge >= 0.3 is 0 Å². The zero-order chi connectivity index (χ0) is 13.3. The molecule has 1 rings (SSSR count). The number of carbonyl (C=O) groups is 1. The van der Waals surface area contributed by atoms with Crippen LogP contribution in [0.3, 0.4) is 0 Å². The molecule has 0 aliphatic heterocycles. The molecule has 17 heavy (non-hydrogen) atoms. The molecule has 0 unspecified atom stereocenters. The first-order valence-corrected chi connectivity index (χ1v) is 6.64. The van der Waals surface area contributed by atoms with E-state index in [1.807, 2.05) is 20.8 Å². The highest BCUT2D eigenvalue weighted by atomic mass is 32.2. The summed E-state index contributed by atoms with van der Waals surface area (Å²) in [5.74, 6) is -0.352. The second-order valence-corrected chi connectivity index (χ2v) is 6.60. The number of rotatable bonds is 3. The molecule has 0 atom stereocenters. The van der Waals surface area contributed by atoms with Crippen molar-refractivity contribution >= 4 is 15.9 Å². The first kappa shape index (κ1) is 13.7. The third kappa shape index (κ3) is 4.20. The van der Waals surface area contributed by atoms with Crippen LogP contribution < -0.4 is 10.5 Å². The number of amides is 1. The minimum absolute atomic E-state index is 0.0367. The highest BCUT2D eigenvalue weighted by Crippen LogP contribution is 2.12. The third-order valence-corrected chi connectivity index (χ3v) is 2.90. The van der Waals surface area contributed by atoms with Crippen molar-refractivity contribution < 1.29 is 13.2 Å². The normalized spacial score (nSPS) is 12.5. The predicted molar refractivity (Wildman–Crippen MR) is 64.0 cm³/mol. The second kappa shape index (κ2) is 4.50. The van der Waals surface area contributed by atoms with Gasteiger partial charge in [0.2, 0.25) is 10.0 Å². The van der Waals surface area contributed by atoms with Crippen LogP contribution in [0.2, 0.25) is 0 Å². The van der Waals surface area contributed by atoms with Crippen LogP contribution in [-0.2, 0) is 10.0 Å². The largest absolute Gasteiger partial charge is 0.356 e. The van der Waals surface area contributed by atoms with E-state index in [2.05, 4.69) is 10.3 Å². The SMILES string of the molecule is CC(C)(C)CNC(=O)c1cc(S(N)(=O)=O)c[nH]1. The Morgan fingerprint density at radius 2 is 2.06 bits per heavy atom. The van der Waals surface area contributed by atoms with Gasteiger partial charge in [-0.2, -0.15) is 0 Å². The quantitative estimate of drug-likeness (QED) is 0.733. The summed E-state index contributed by atoms with van der Waals surface area (Å²) in [6, 6.07) is 1.22. The van der Waals surface area contributed by atoms with E-state index >= 15 is 0 Å². The van der Waals surface area contributed by atoms with Crippen molar-refractivity contribution in [2.24, 2.45) is 10.6 Å². The fraction of sp³-hybridized carbons (Fsp3) is 0.500. The Labute approximate surface area is 101 Å². The molecule has 1 heterocycles. The van der Waals surface area contributed by atoms with Crippen LogP contribution in [0.25, 0.3) is 0 Å². The van der Waals surface area contributed by atoms with Gasteiger partial charge in [-0.05, 0) is 11.5 Å². The van der Waals surface area contributed by atoms with E-state index in [1.54, 1.807) is 0 Å². The molecular formula is C10H17N3O3S. The monoisotopic (exact) mass is 259 g/mol. The minimum atomic E-state index is -3.77. The zero-order valence-electron chi connectivity index (χ0n) is 10.1. The number of aromatic nitrogens is 1. The van der Waals surface area contributed by atoms with E-state index < -0.39 is 10.0 Å². The maximum absolute atomic E-state index is 11.7. The number of carbonyl (C=O) groups excluding carboxylic acids is 1. The first-order chi connectivity index (χ1) is 7.59. The predicted octanol–water partition coefficient (Wildman–Crippen LogP) is 0.438. The van der Waals surface area contributed by atoms with E-state index in [4.69, 9.17) is 5.14 Å². The number of primary sulfonamides is 1. The lowest BCUT2D eigenvalue weighted by Crippen LogP contribution is -2.32. The number of sulfonamides is 1.